The van der Waals surface area contributed by atoms with E-state index in [9.17, 15) is 0 Å². The number of hydrogen-bond acceptors (Lipinski definition) is 3. The molecule has 10 aromatic carbocycles. The largest absolute Gasteiger partial charge is 0.452 e. The monoisotopic (exact) mass is 742 g/mol. The van der Waals surface area contributed by atoms with Gasteiger partial charge in [-0.3, -0.25) is 0 Å². The van der Waals surface area contributed by atoms with Crippen molar-refractivity contribution >= 4 is 108 Å². The molecule has 0 saturated heterocycles. The molecule has 0 bridgehead atoms. The van der Waals surface area contributed by atoms with Gasteiger partial charge < -0.3 is 8.83 Å². The highest BCUT2D eigenvalue weighted by Crippen LogP contribution is 2.46. The number of hydrogen-bond donors (Lipinski definition) is 0. The van der Waals surface area contributed by atoms with E-state index in [1.54, 1.807) is 0 Å². The maximum Gasteiger partial charge on any atom is 0.178 e. The van der Waals surface area contributed by atoms with E-state index in [0.717, 1.165) is 49.3 Å². The number of rotatable bonds is 3. The van der Waals surface area contributed by atoms with E-state index in [-0.39, 0.29) is 0 Å². The van der Waals surface area contributed by atoms with Crippen molar-refractivity contribution in [2.24, 2.45) is 0 Å². The van der Waals surface area contributed by atoms with Gasteiger partial charge in [0.2, 0.25) is 0 Å². The van der Waals surface area contributed by atoms with Crippen LogP contribution in [-0.4, -0.2) is 0 Å². The standard InChI is InChI=1S/C54H30O2S/c1-2-10-31(11-3-1)51-39-13-4-6-15-41(39)52(42-16-7-5-14-40(42)51)35-20-22-38-46-28-33(21-25-49(46)57-50(38)30-35)32-18-19-34-27-45-44-24-23-43-37-12-8-9-17-47(37)55-53(43)54(44)56-48(45)29-36(34)26-32/h1-30H. The Bertz CT molecular complexity index is 3750. The predicted molar refractivity (Wildman–Crippen MR) is 243 cm³/mol. The summed E-state index contributed by atoms with van der Waals surface area (Å²) in [7, 11) is 0. The first-order valence-electron chi connectivity index (χ1n) is 19.4. The van der Waals surface area contributed by atoms with Gasteiger partial charge in [-0.25, -0.2) is 0 Å². The molecule has 0 N–H and O–H groups in total. The molecule has 13 rings (SSSR count). The molecule has 0 aliphatic rings. The van der Waals surface area contributed by atoms with Gasteiger partial charge in [0.05, 0.1) is 0 Å². The molecule has 0 spiro atoms. The van der Waals surface area contributed by atoms with Crippen molar-refractivity contribution in [3.63, 3.8) is 0 Å². The van der Waals surface area contributed by atoms with E-state index in [1.807, 2.05) is 23.5 Å². The number of benzene rings is 10. The Morgan fingerprint density at radius 1 is 0.281 bits per heavy atom. The molecule has 0 radical (unpaired) electrons. The molecule has 0 atom stereocenters. The van der Waals surface area contributed by atoms with Gasteiger partial charge in [0.25, 0.3) is 0 Å². The van der Waals surface area contributed by atoms with Crippen LogP contribution in [0.15, 0.2) is 191 Å². The second kappa shape index (κ2) is 11.7. The predicted octanol–water partition coefficient (Wildman–Crippen LogP) is 16.3. The third kappa shape index (κ3) is 4.52. The minimum Gasteiger partial charge on any atom is -0.452 e. The van der Waals surface area contributed by atoms with E-state index >= 15 is 0 Å². The number of para-hydroxylation sites is 1. The number of thiophene rings is 1. The minimum absolute atomic E-state index is 0.803. The molecule has 3 heterocycles. The first-order chi connectivity index (χ1) is 28.2. The van der Waals surface area contributed by atoms with E-state index in [1.165, 1.54) is 80.5 Å². The highest BCUT2D eigenvalue weighted by molar-refractivity contribution is 7.25. The van der Waals surface area contributed by atoms with E-state index in [4.69, 9.17) is 8.83 Å². The fraction of sp³-hybridized carbons (Fsp3) is 0. The summed E-state index contributed by atoms with van der Waals surface area (Å²) in [4.78, 5) is 0. The molecular formula is C54H30O2S. The Morgan fingerprint density at radius 3 is 1.61 bits per heavy atom. The van der Waals surface area contributed by atoms with Gasteiger partial charge in [-0.15, -0.1) is 11.3 Å². The molecule has 0 fully saturated rings. The van der Waals surface area contributed by atoms with Crippen molar-refractivity contribution in [1.29, 1.82) is 0 Å². The lowest BCUT2D eigenvalue weighted by Gasteiger charge is -2.17. The lowest BCUT2D eigenvalue weighted by molar-refractivity contribution is 0.633. The molecule has 0 amide bonds. The van der Waals surface area contributed by atoms with Crippen LogP contribution in [0.3, 0.4) is 0 Å². The number of fused-ring (bicyclic) bond motifs is 13. The Kier molecular flexibility index (Phi) is 6.35. The summed E-state index contributed by atoms with van der Waals surface area (Å²) in [6, 6.07) is 66.3. The van der Waals surface area contributed by atoms with Crippen molar-refractivity contribution in [3.8, 4) is 33.4 Å². The van der Waals surface area contributed by atoms with E-state index in [0.29, 0.717) is 0 Å². The zero-order valence-corrected chi connectivity index (χ0v) is 31.4. The highest BCUT2D eigenvalue weighted by atomic mass is 32.1. The van der Waals surface area contributed by atoms with Crippen LogP contribution in [0.25, 0.3) is 130 Å². The molecule has 0 aliphatic heterocycles. The molecule has 0 unspecified atom stereocenters. The lowest BCUT2D eigenvalue weighted by Crippen LogP contribution is -1.90. The minimum atomic E-state index is 0.803. The first-order valence-corrected chi connectivity index (χ1v) is 20.2. The quantitative estimate of drug-likeness (QED) is 0.169. The maximum absolute atomic E-state index is 6.57. The first kappa shape index (κ1) is 31.1. The molecular weight excluding hydrogens is 713 g/mol. The second-order valence-electron chi connectivity index (χ2n) is 15.2. The molecule has 0 aliphatic carbocycles. The SMILES string of the molecule is c1ccc(-c2c3ccccc3c(-c3ccc4c(c3)sc3ccc(-c5ccc6cc7c(cc6c5)oc5c7ccc6c7ccccc7oc65)cc34)c3ccccc23)cc1. The van der Waals surface area contributed by atoms with E-state index < -0.39 is 0 Å². The number of furan rings is 2. The topological polar surface area (TPSA) is 26.3 Å². The summed E-state index contributed by atoms with van der Waals surface area (Å²) < 4.78 is 15.5. The van der Waals surface area contributed by atoms with Crippen LogP contribution < -0.4 is 0 Å². The Balaban J connectivity index is 0.930. The fourth-order valence-corrected chi connectivity index (χ4v) is 10.5. The van der Waals surface area contributed by atoms with Gasteiger partial charge in [-0.2, -0.15) is 0 Å². The lowest BCUT2D eigenvalue weighted by atomic mass is 9.86. The van der Waals surface area contributed by atoms with Crippen molar-refractivity contribution in [2.75, 3.05) is 0 Å². The third-order valence-corrected chi connectivity index (χ3v) is 13.2. The zero-order valence-electron chi connectivity index (χ0n) is 30.5. The Hall–Kier alpha value is -7.20. The van der Waals surface area contributed by atoms with Crippen LogP contribution >= 0.6 is 11.3 Å². The fourth-order valence-electron chi connectivity index (χ4n) is 9.41. The van der Waals surface area contributed by atoms with Gasteiger partial charge in [-0.05, 0) is 120 Å². The Morgan fingerprint density at radius 2 is 0.860 bits per heavy atom. The van der Waals surface area contributed by atoms with Crippen LogP contribution in [0, 0.1) is 0 Å². The Labute approximate surface area is 330 Å². The van der Waals surface area contributed by atoms with Crippen molar-refractivity contribution in [1.82, 2.24) is 0 Å². The van der Waals surface area contributed by atoms with Crippen LogP contribution in [-0.2, 0) is 0 Å². The average Bonchev–Trinajstić information content (AvgIpc) is 3.95. The van der Waals surface area contributed by atoms with Crippen molar-refractivity contribution in [3.05, 3.63) is 182 Å². The summed E-state index contributed by atoms with van der Waals surface area (Å²) in [6.07, 6.45) is 0. The molecule has 3 heteroatoms. The third-order valence-electron chi connectivity index (χ3n) is 12.0. The van der Waals surface area contributed by atoms with Crippen molar-refractivity contribution in [2.45, 2.75) is 0 Å². The average molecular weight is 743 g/mol. The van der Waals surface area contributed by atoms with Gasteiger partial charge in [0.1, 0.15) is 11.2 Å². The highest BCUT2D eigenvalue weighted by Gasteiger charge is 2.19. The van der Waals surface area contributed by atoms with Gasteiger partial charge in [0, 0.05) is 41.7 Å². The van der Waals surface area contributed by atoms with Crippen molar-refractivity contribution < 1.29 is 8.83 Å². The second-order valence-corrected chi connectivity index (χ2v) is 16.2. The van der Waals surface area contributed by atoms with Crippen LogP contribution in [0.1, 0.15) is 0 Å². The normalized spacial score (nSPS) is 12.2. The molecule has 264 valence electrons. The van der Waals surface area contributed by atoms with Crippen LogP contribution in [0.2, 0.25) is 0 Å². The summed E-state index contributed by atoms with van der Waals surface area (Å²) >= 11 is 1.87. The van der Waals surface area contributed by atoms with E-state index in [2.05, 4.69) is 170 Å². The maximum atomic E-state index is 6.57. The summed E-state index contributed by atoms with van der Waals surface area (Å²) in [6.45, 7) is 0. The van der Waals surface area contributed by atoms with Crippen LogP contribution in [0.5, 0.6) is 0 Å². The van der Waals surface area contributed by atoms with Gasteiger partial charge >= 0.3 is 0 Å². The summed E-state index contributed by atoms with van der Waals surface area (Å²) in [5.74, 6) is 0. The molecule has 13 aromatic rings. The van der Waals surface area contributed by atoms with Gasteiger partial charge in [-0.1, -0.05) is 127 Å². The molecule has 2 nitrogen and oxygen atoms in total. The molecule has 0 saturated carbocycles. The molecule has 3 aromatic heterocycles. The zero-order chi connectivity index (χ0) is 37.2. The van der Waals surface area contributed by atoms with Crippen LogP contribution in [0.4, 0.5) is 0 Å². The molecule has 57 heavy (non-hydrogen) atoms. The summed E-state index contributed by atoms with van der Waals surface area (Å²) in [5.41, 5.74) is 10.8. The summed E-state index contributed by atoms with van der Waals surface area (Å²) in [5, 5.41) is 14.4. The smallest absolute Gasteiger partial charge is 0.178 e. The van der Waals surface area contributed by atoms with Gasteiger partial charge in [0.15, 0.2) is 11.2 Å².